The van der Waals surface area contributed by atoms with Crippen LogP contribution in [0.5, 0.6) is 11.5 Å². The van der Waals surface area contributed by atoms with E-state index in [1.54, 1.807) is 7.05 Å². The summed E-state index contributed by atoms with van der Waals surface area (Å²) < 4.78 is 12.1. The van der Waals surface area contributed by atoms with Gasteiger partial charge < -0.3 is 20.5 Å². The molecule has 150 valence electrons. The van der Waals surface area contributed by atoms with Gasteiger partial charge in [-0.3, -0.25) is 4.99 Å². The normalized spacial score (nSPS) is 11.1. The van der Waals surface area contributed by atoms with Crippen LogP contribution in [0, 0.1) is 0 Å². The Morgan fingerprint density at radius 2 is 1.55 bits per heavy atom. The highest BCUT2D eigenvalue weighted by Gasteiger charge is 2.08. The highest BCUT2D eigenvalue weighted by molar-refractivity contribution is 5.92. The van der Waals surface area contributed by atoms with E-state index in [1.807, 2.05) is 54.6 Å². The third kappa shape index (κ3) is 6.57. The summed E-state index contributed by atoms with van der Waals surface area (Å²) in [6.07, 6.45) is 1.90. The molecule has 3 N–H and O–H groups in total. The monoisotopic (exact) mass is 389 g/mol. The fourth-order valence-corrected chi connectivity index (χ4v) is 2.86. The van der Waals surface area contributed by atoms with Crippen LogP contribution in [0.25, 0.3) is 0 Å². The molecular formula is C24H27N3O2. The first-order valence-corrected chi connectivity index (χ1v) is 9.71. The van der Waals surface area contributed by atoms with Crippen LogP contribution in [0.1, 0.15) is 17.5 Å². The zero-order chi connectivity index (χ0) is 20.3. The van der Waals surface area contributed by atoms with Crippen molar-refractivity contribution in [2.45, 2.75) is 19.4 Å². The van der Waals surface area contributed by atoms with Crippen LogP contribution in [-0.4, -0.2) is 19.6 Å². The lowest BCUT2D eigenvalue weighted by atomic mass is 10.1. The number of anilines is 1. The summed E-state index contributed by atoms with van der Waals surface area (Å²) in [5.41, 5.74) is 8.98. The molecule has 0 aliphatic carbocycles. The second-order valence-corrected chi connectivity index (χ2v) is 6.61. The second-order valence-electron chi connectivity index (χ2n) is 6.61. The lowest BCUT2D eigenvalue weighted by Crippen LogP contribution is -2.22. The molecule has 0 saturated heterocycles. The number of hydrogen-bond donors (Lipinski definition) is 2. The van der Waals surface area contributed by atoms with Gasteiger partial charge in [0.15, 0.2) is 17.5 Å². The largest absolute Gasteiger partial charge is 0.490 e. The number of rotatable bonds is 9. The minimum absolute atomic E-state index is 0.343. The summed E-state index contributed by atoms with van der Waals surface area (Å²) in [6.45, 7) is 1.07. The Morgan fingerprint density at radius 3 is 2.24 bits per heavy atom. The number of nitrogens with one attached hydrogen (secondary N) is 1. The van der Waals surface area contributed by atoms with Crippen molar-refractivity contribution in [1.29, 1.82) is 0 Å². The van der Waals surface area contributed by atoms with Gasteiger partial charge in [-0.2, -0.15) is 0 Å². The molecule has 0 amide bonds. The van der Waals surface area contributed by atoms with E-state index < -0.39 is 0 Å². The SMILES string of the molecule is CN=C(N)Nc1ccc(OCCCc2ccccc2)c(OCc2ccccc2)c1. The van der Waals surface area contributed by atoms with E-state index in [-0.39, 0.29) is 0 Å². The molecule has 0 heterocycles. The van der Waals surface area contributed by atoms with Gasteiger partial charge in [0.05, 0.1) is 6.61 Å². The summed E-state index contributed by atoms with van der Waals surface area (Å²) >= 11 is 0. The molecule has 0 aliphatic heterocycles. The maximum atomic E-state index is 6.05. The zero-order valence-corrected chi connectivity index (χ0v) is 16.7. The van der Waals surface area contributed by atoms with E-state index in [9.17, 15) is 0 Å². The second kappa shape index (κ2) is 10.8. The molecule has 0 spiro atoms. The van der Waals surface area contributed by atoms with Crippen LogP contribution < -0.4 is 20.5 Å². The van der Waals surface area contributed by atoms with Crippen LogP contribution in [-0.2, 0) is 13.0 Å². The topological polar surface area (TPSA) is 68.9 Å². The van der Waals surface area contributed by atoms with Gasteiger partial charge in [0.25, 0.3) is 0 Å². The summed E-state index contributed by atoms with van der Waals surface area (Å²) in [6, 6.07) is 26.1. The average Bonchev–Trinajstić information content (AvgIpc) is 2.77. The van der Waals surface area contributed by atoms with E-state index in [0.717, 1.165) is 24.1 Å². The third-order valence-corrected chi connectivity index (χ3v) is 4.40. The lowest BCUT2D eigenvalue weighted by Gasteiger charge is -2.15. The number of ether oxygens (including phenoxy) is 2. The van der Waals surface area contributed by atoms with Crippen LogP contribution in [0.2, 0.25) is 0 Å². The average molecular weight is 389 g/mol. The maximum absolute atomic E-state index is 6.05. The number of guanidine groups is 1. The van der Waals surface area contributed by atoms with Gasteiger partial charge in [-0.1, -0.05) is 60.7 Å². The van der Waals surface area contributed by atoms with E-state index in [2.05, 4.69) is 34.6 Å². The molecule has 0 bridgehead atoms. The molecule has 3 aromatic carbocycles. The Morgan fingerprint density at radius 1 is 0.862 bits per heavy atom. The van der Waals surface area contributed by atoms with Gasteiger partial charge in [0, 0.05) is 18.8 Å². The van der Waals surface area contributed by atoms with Gasteiger partial charge in [0.2, 0.25) is 0 Å². The third-order valence-electron chi connectivity index (χ3n) is 4.40. The van der Waals surface area contributed by atoms with Crippen molar-refractivity contribution in [3.05, 3.63) is 90.0 Å². The molecule has 0 aliphatic rings. The number of hydrogen-bond acceptors (Lipinski definition) is 3. The molecule has 29 heavy (non-hydrogen) atoms. The summed E-state index contributed by atoms with van der Waals surface area (Å²) in [7, 11) is 1.64. The van der Waals surface area contributed by atoms with Crippen molar-refractivity contribution in [1.82, 2.24) is 0 Å². The fraction of sp³-hybridized carbons (Fsp3) is 0.208. The highest BCUT2D eigenvalue weighted by Crippen LogP contribution is 2.31. The van der Waals surface area contributed by atoms with Gasteiger partial charge in [-0.05, 0) is 36.1 Å². The Kier molecular flexibility index (Phi) is 7.52. The first kappa shape index (κ1) is 20.3. The molecule has 5 nitrogen and oxygen atoms in total. The first-order valence-electron chi connectivity index (χ1n) is 9.71. The number of nitrogens with two attached hydrogens (primary N) is 1. The zero-order valence-electron chi connectivity index (χ0n) is 16.7. The van der Waals surface area contributed by atoms with E-state index >= 15 is 0 Å². The molecular weight excluding hydrogens is 362 g/mol. The van der Waals surface area contributed by atoms with Gasteiger partial charge in [-0.15, -0.1) is 0 Å². The molecule has 0 unspecified atom stereocenters. The van der Waals surface area contributed by atoms with E-state index in [4.69, 9.17) is 15.2 Å². The van der Waals surface area contributed by atoms with Crippen molar-refractivity contribution in [3.8, 4) is 11.5 Å². The molecule has 0 radical (unpaired) electrons. The van der Waals surface area contributed by atoms with Gasteiger partial charge in [-0.25, -0.2) is 0 Å². The Bertz CT molecular complexity index is 912. The van der Waals surface area contributed by atoms with E-state index in [0.29, 0.717) is 30.7 Å². The molecule has 0 aromatic heterocycles. The van der Waals surface area contributed by atoms with Gasteiger partial charge in [0.1, 0.15) is 6.61 Å². The minimum atomic E-state index is 0.343. The Hall–Kier alpha value is -3.47. The lowest BCUT2D eigenvalue weighted by molar-refractivity contribution is 0.259. The molecule has 0 atom stereocenters. The standard InChI is InChI=1S/C24H27N3O2/c1-26-24(25)27-21-14-15-22(28-16-8-13-19-9-4-2-5-10-19)23(17-21)29-18-20-11-6-3-7-12-20/h2-7,9-12,14-15,17H,8,13,16,18H2,1H3,(H3,25,26,27). The number of nitrogens with zero attached hydrogens (tertiary/aromatic N) is 1. The number of aryl methyl sites for hydroxylation is 1. The summed E-state index contributed by atoms with van der Waals surface area (Å²) in [5, 5.41) is 3.04. The first-order chi connectivity index (χ1) is 14.2. The fourth-order valence-electron chi connectivity index (χ4n) is 2.86. The smallest absolute Gasteiger partial charge is 0.192 e. The molecule has 5 heteroatoms. The summed E-state index contributed by atoms with van der Waals surface area (Å²) in [5.74, 6) is 1.73. The number of benzene rings is 3. The van der Waals surface area contributed by atoms with Crippen LogP contribution >= 0.6 is 0 Å². The van der Waals surface area contributed by atoms with Crippen molar-refractivity contribution >= 4 is 11.6 Å². The molecule has 0 saturated carbocycles. The Labute approximate surface area is 172 Å². The van der Waals surface area contributed by atoms with Crippen molar-refractivity contribution in [2.24, 2.45) is 10.7 Å². The highest BCUT2D eigenvalue weighted by atomic mass is 16.5. The maximum Gasteiger partial charge on any atom is 0.192 e. The van der Waals surface area contributed by atoms with Crippen LogP contribution in [0.4, 0.5) is 5.69 Å². The van der Waals surface area contributed by atoms with Crippen molar-refractivity contribution in [3.63, 3.8) is 0 Å². The predicted molar refractivity (Wildman–Crippen MR) is 119 cm³/mol. The van der Waals surface area contributed by atoms with Crippen LogP contribution in [0.3, 0.4) is 0 Å². The van der Waals surface area contributed by atoms with Gasteiger partial charge >= 0.3 is 0 Å². The summed E-state index contributed by atoms with van der Waals surface area (Å²) in [4.78, 5) is 3.93. The van der Waals surface area contributed by atoms with Crippen molar-refractivity contribution < 1.29 is 9.47 Å². The Balaban J connectivity index is 1.64. The van der Waals surface area contributed by atoms with Crippen LogP contribution in [0.15, 0.2) is 83.9 Å². The quantitative estimate of drug-likeness (QED) is 0.318. The van der Waals surface area contributed by atoms with Crippen molar-refractivity contribution in [2.75, 3.05) is 19.0 Å². The minimum Gasteiger partial charge on any atom is -0.490 e. The molecule has 3 rings (SSSR count). The predicted octanol–water partition coefficient (Wildman–Crippen LogP) is 4.63. The molecule has 0 fully saturated rings. The van der Waals surface area contributed by atoms with E-state index in [1.165, 1.54) is 5.56 Å². The molecule has 3 aromatic rings. The number of aliphatic imine (C=N–C) groups is 1.